The largest absolute Gasteiger partial charge is 0.415 e. The first-order valence-electron chi connectivity index (χ1n) is 10.3. The fourth-order valence-corrected chi connectivity index (χ4v) is 10.2. The third kappa shape index (κ3) is 5.24. The molecule has 0 saturated heterocycles. The van der Waals surface area contributed by atoms with Crippen LogP contribution in [0.5, 0.6) is 0 Å². The molecule has 0 aromatic rings. The average Bonchev–Trinajstić information content (AvgIpc) is 3.15. The Morgan fingerprint density at radius 1 is 1.19 bits per heavy atom. The quantitative estimate of drug-likeness (QED) is 0.280. The molecule has 1 N–H and O–H groups in total. The van der Waals surface area contributed by atoms with Crippen molar-refractivity contribution in [2.24, 2.45) is 16.7 Å². The van der Waals surface area contributed by atoms with E-state index in [1.54, 1.807) is 0 Å². The minimum absolute atomic E-state index is 0.0954. The normalized spacial score (nSPS) is 25.3. The minimum atomic E-state index is -1.85. The van der Waals surface area contributed by atoms with Crippen molar-refractivity contribution in [1.82, 2.24) is 0 Å². The maximum absolute atomic E-state index is 10.4. The molecule has 3 atom stereocenters. The second-order valence-electron chi connectivity index (χ2n) is 10.1. The minimum Gasteiger partial charge on any atom is -0.415 e. The van der Waals surface area contributed by atoms with E-state index in [0.29, 0.717) is 29.0 Å². The van der Waals surface area contributed by atoms with E-state index in [1.165, 1.54) is 0 Å². The molecule has 0 aromatic carbocycles. The molecule has 26 heavy (non-hydrogen) atoms. The Hall–Kier alpha value is -0.563. The van der Waals surface area contributed by atoms with E-state index in [0.717, 1.165) is 13.0 Å². The van der Waals surface area contributed by atoms with Crippen LogP contribution in [0.1, 0.15) is 75.2 Å². The molecule has 0 aliphatic heterocycles. The highest BCUT2D eigenvalue weighted by Crippen LogP contribution is 2.55. The van der Waals surface area contributed by atoms with Crippen LogP contribution < -0.4 is 0 Å². The highest BCUT2D eigenvalue weighted by Gasteiger charge is 2.53. The zero-order valence-corrected chi connectivity index (χ0v) is 19.6. The van der Waals surface area contributed by atoms with Gasteiger partial charge in [-0.25, -0.2) is 0 Å². The van der Waals surface area contributed by atoms with Crippen LogP contribution in [-0.2, 0) is 4.43 Å². The van der Waals surface area contributed by atoms with Crippen LogP contribution in [0.4, 0.5) is 0 Å². The van der Waals surface area contributed by atoms with E-state index in [9.17, 15) is 5.11 Å². The Kier molecular flexibility index (Phi) is 7.79. The van der Waals surface area contributed by atoms with Gasteiger partial charge in [0.05, 0.1) is 6.10 Å². The lowest BCUT2D eigenvalue weighted by atomic mass is 9.87. The van der Waals surface area contributed by atoms with Crippen LogP contribution >= 0.6 is 0 Å². The van der Waals surface area contributed by atoms with Crippen LogP contribution in [0, 0.1) is 29.1 Å². The molecular formula is C23H42O2Si. The second kappa shape index (κ2) is 8.63. The Morgan fingerprint density at radius 3 is 2.00 bits per heavy atom. The van der Waals surface area contributed by atoms with Gasteiger partial charge in [0.1, 0.15) is 0 Å². The summed E-state index contributed by atoms with van der Waals surface area (Å²) in [7, 11) is -1.85. The molecule has 2 nitrogen and oxygen atoms in total. The van der Waals surface area contributed by atoms with Gasteiger partial charge in [0.2, 0.25) is 0 Å². The van der Waals surface area contributed by atoms with Crippen molar-refractivity contribution in [3.05, 3.63) is 12.2 Å². The van der Waals surface area contributed by atoms with E-state index in [4.69, 9.17) is 10.8 Å². The molecule has 1 saturated carbocycles. The Labute approximate surface area is 163 Å². The van der Waals surface area contributed by atoms with Crippen molar-refractivity contribution in [3.8, 4) is 12.3 Å². The summed E-state index contributed by atoms with van der Waals surface area (Å²) in [6, 6.07) is 0. The van der Waals surface area contributed by atoms with E-state index in [1.807, 2.05) is 19.9 Å². The first-order chi connectivity index (χ1) is 11.8. The Balaban J connectivity index is 2.86. The maximum Gasteiger partial charge on any atom is 0.200 e. The second-order valence-corrected chi connectivity index (χ2v) is 15.6. The number of hydrogen-bond donors (Lipinski definition) is 1. The van der Waals surface area contributed by atoms with Crippen LogP contribution in [0.15, 0.2) is 12.2 Å². The fourth-order valence-electron chi connectivity index (χ4n) is 4.70. The SMILES string of the molecule is C#CC(C)(C)C[C@H](O)C=C[C@@]1(CO[Si](C(C)C)(C(C)C)C(C)C)C[C@H]1C. The molecule has 3 heteroatoms. The van der Waals surface area contributed by atoms with E-state index < -0.39 is 14.4 Å². The van der Waals surface area contributed by atoms with Gasteiger partial charge in [-0.1, -0.05) is 60.6 Å². The molecular weight excluding hydrogens is 336 g/mol. The molecule has 0 aromatic heterocycles. The lowest BCUT2D eigenvalue weighted by molar-refractivity contribution is 0.174. The monoisotopic (exact) mass is 378 g/mol. The van der Waals surface area contributed by atoms with Gasteiger partial charge in [-0.2, -0.15) is 0 Å². The van der Waals surface area contributed by atoms with Gasteiger partial charge in [0.25, 0.3) is 0 Å². The van der Waals surface area contributed by atoms with E-state index in [2.05, 4.69) is 60.5 Å². The van der Waals surface area contributed by atoms with Gasteiger partial charge in [0.15, 0.2) is 8.32 Å². The van der Waals surface area contributed by atoms with Gasteiger partial charge in [-0.05, 0) is 49.2 Å². The Morgan fingerprint density at radius 2 is 1.65 bits per heavy atom. The predicted octanol–water partition coefficient (Wildman–Crippen LogP) is 6.17. The summed E-state index contributed by atoms with van der Waals surface area (Å²) >= 11 is 0. The summed E-state index contributed by atoms with van der Waals surface area (Å²) in [6.45, 7) is 21.0. The number of aliphatic hydroxyl groups excluding tert-OH is 1. The summed E-state index contributed by atoms with van der Waals surface area (Å²) in [4.78, 5) is 0. The zero-order valence-electron chi connectivity index (χ0n) is 18.6. The third-order valence-electron chi connectivity index (χ3n) is 6.57. The first kappa shape index (κ1) is 23.5. The molecule has 0 bridgehead atoms. The van der Waals surface area contributed by atoms with Crippen molar-refractivity contribution >= 4 is 8.32 Å². The first-order valence-corrected chi connectivity index (χ1v) is 12.5. The molecule has 0 unspecified atom stereocenters. The number of terminal acetylenes is 1. The molecule has 1 rings (SSSR count). The Bertz CT molecular complexity index is 505. The molecule has 0 spiro atoms. The van der Waals surface area contributed by atoms with Crippen LogP contribution in [0.3, 0.4) is 0 Å². The lowest BCUT2D eigenvalue weighted by Gasteiger charge is -2.43. The number of aliphatic hydroxyl groups is 1. The lowest BCUT2D eigenvalue weighted by Crippen LogP contribution is -2.48. The summed E-state index contributed by atoms with van der Waals surface area (Å²) in [5.41, 5.74) is 1.61. The predicted molar refractivity (Wildman–Crippen MR) is 116 cm³/mol. The highest BCUT2D eigenvalue weighted by molar-refractivity contribution is 6.77. The topological polar surface area (TPSA) is 29.5 Å². The van der Waals surface area contributed by atoms with Gasteiger partial charge in [0, 0.05) is 17.4 Å². The summed E-state index contributed by atoms with van der Waals surface area (Å²) in [6.07, 6.45) is 11.0. The van der Waals surface area contributed by atoms with Crippen molar-refractivity contribution in [2.75, 3.05) is 6.61 Å². The van der Waals surface area contributed by atoms with Crippen molar-refractivity contribution in [2.45, 2.75) is 97.9 Å². The number of hydrogen-bond acceptors (Lipinski definition) is 2. The third-order valence-corrected chi connectivity index (χ3v) is 12.6. The van der Waals surface area contributed by atoms with Crippen LogP contribution in [-0.4, -0.2) is 26.1 Å². The van der Waals surface area contributed by atoms with E-state index >= 15 is 0 Å². The summed E-state index contributed by atoms with van der Waals surface area (Å²) in [5, 5.41) is 10.4. The van der Waals surface area contributed by atoms with Crippen LogP contribution in [0.25, 0.3) is 0 Å². The standard InChI is InChI=1S/C23H42O2Si/c1-11-22(9,10)15-21(24)12-13-23(14-20(23)8)16-25-26(17(2)3,18(4)5)19(6)7/h1,12-13,17-21,24H,14-16H2,2-10H3/t20-,21-,23+/m1/s1. The molecule has 1 aliphatic carbocycles. The molecule has 0 heterocycles. The van der Waals surface area contributed by atoms with Gasteiger partial charge < -0.3 is 9.53 Å². The van der Waals surface area contributed by atoms with Crippen LogP contribution in [0.2, 0.25) is 16.6 Å². The van der Waals surface area contributed by atoms with Crippen molar-refractivity contribution < 1.29 is 9.53 Å². The summed E-state index contributed by atoms with van der Waals surface area (Å²) < 4.78 is 6.84. The highest BCUT2D eigenvalue weighted by atomic mass is 28.4. The van der Waals surface area contributed by atoms with E-state index in [-0.39, 0.29) is 10.8 Å². The smallest absolute Gasteiger partial charge is 0.200 e. The number of rotatable bonds is 10. The molecule has 1 aliphatic rings. The molecule has 1 fully saturated rings. The molecule has 0 radical (unpaired) electrons. The van der Waals surface area contributed by atoms with Crippen molar-refractivity contribution in [3.63, 3.8) is 0 Å². The van der Waals surface area contributed by atoms with Gasteiger partial charge >= 0.3 is 0 Å². The summed E-state index contributed by atoms with van der Waals surface area (Å²) in [5.74, 6) is 3.38. The fraction of sp³-hybridized carbons (Fsp3) is 0.826. The van der Waals surface area contributed by atoms with Gasteiger partial charge in [-0.3, -0.25) is 0 Å². The molecule has 0 amide bonds. The zero-order chi connectivity index (χ0) is 20.3. The average molecular weight is 379 g/mol. The molecule has 150 valence electrons. The maximum atomic E-state index is 10.4. The van der Waals surface area contributed by atoms with Crippen molar-refractivity contribution in [1.29, 1.82) is 0 Å². The van der Waals surface area contributed by atoms with Gasteiger partial charge in [-0.15, -0.1) is 12.3 Å².